The van der Waals surface area contributed by atoms with Crippen molar-refractivity contribution in [1.29, 1.82) is 5.26 Å². The van der Waals surface area contributed by atoms with Gasteiger partial charge in [-0.15, -0.1) is 0 Å². The summed E-state index contributed by atoms with van der Waals surface area (Å²) < 4.78 is 0. The maximum atomic E-state index is 8.94. The van der Waals surface area contributed by atoms with Gasteiger partial charge in [-0.2, -0.15) is 5.26 Å². The SMILES string of the molecule is N#Cc1cccc(CN2CCN(c3ncccn3)CC2)c1. The van der Waals surface area contributed by atoms with Crippen LogP contribution in [0.1, 0.15) is 11.1 Å². The zero-order valence-corrected chi connectivity index (χ0v) is 11.8. The van der Waals surface area contributed by atoms with Gasteiger partial charge in [0, 0.05) is 45.1 Å². The van der Waals surface area contributed by atoms with Crippen LogP contribution < -0.4 is 4.90 Å². The molecule has 0 bridgehead atoms. The fourth-order valence-electron chi connectivity index (χ4n) is 2.56. The number of hydrogen-bond acceptors (Lipinski definition) is 5. The molecule has 3 rings (SSSR count). The van der Waals surface area contributed by atoms with Crippen molar-refractivity contribution >= 4 is 5.95 Å². The number of benzene rings is 1. The van der Waals surface area contributed by atoms with Crippen LogP contribution in [0.3, 0.4) is 0 Å². The summed E-state index contributed by atoms with van der Waals surface area (Å²) in [7, 11) is 0. The third-order valence-corrected chi connectivity index (χ3v) is 3.67. The number of piperazine rings is 1. The van der Waals surface area contributed by atoms with Crippen molar-refractivity contribution in [3.8, 4) is 6.07 Å². The predicted octanol–water partition coefficient (Wildman–Crippen LogP) is 1.67. The topological polar surface area (TPSA) is 56.1 Å². The molecule has 1 aromatic heterocycles. The Hall–Kier alpha value is -2.45. The minimum atomic E-state index is 0.726. The van der Waals surface area contributed by atoms with Crippen molar-refractivity contribution in [3.63, 3.8) is 0 Å². The number of aromatic nitrogens is 2. The van der Waals surface area contributed by atoms with Crippen LogP contribution in [0.15, 0.2) is 42.7 Å². The molecule has 1 aromatic carbocycles. The summed E-state index contributed by atoms with van der Waals surface area (Å²) in [6.45, 7) is 4.72. The summed E-state index contributed by atoms with van der Waals surface area (Å²) in [5.41, 5.74) is 1.92. The third kappa shape index (κ3) is 3.36. The lowest BCUT2D eigenvalue weighted by atomic mass is 10.1. The lowest BCUT2D eigenvalue weighted by molar-refractivity contribution is 0.248. The van der Waals surface area contributed by atoms with Gasteiger partial charge in [0.25, 0.3) is 0 Å². The van der Waals surface area contributed by atoms with E-state index in [2.05, 4.69) is 31.9 Å². The van der Waals surface area contributed by atoms with Crippen molar-refractivity contribution in [1.82, 2.24) is 14.9 Å². The van der Waals surface area contributed by atoms with Crippen LogP contribution >= 0.6 is 0 Å². The van der Waals surface area contributed by atoms with E-state index in [1.165, 1.54) is 5.56 Å². The van der Waals surface area contributed by atoms with Gasteiger partial charge in [-0.3, -0.25) is 4.90 Å². The molecule has 0 N–H and O–H groups in total. The van der Waals surface area contributed by atoms with E-state index in [-0.39, 0.29) is 0 Å². The Morgan fingerprint density at radius 3 is 2.52 bits per heavy atom. The van der Waals surface area contributed by atoms with E-state index in [9.17, 15) is 0 Å². The Bertz CT molecular complexity index is 627. The molecule has 2 aromatic rings. The number of nitrogens with zero attached hydrogens (tertiary/aromatic N) is 5. The lowest BCUT2D eigenvalue weighted by Crippen LogP contribution is -2.46. The molecule has 0 atom stereocenters. The Morgan fingerprint density at radius 2 is 1.81 bits per heavy atom. The molecule has 0 radical (unpaired) electrons. The first-order chi connectivity index (χ1) is 10.3. The van der Waals surface area contributed by atoms with Crippen LogP contribution in [0.4, 0.5) is 5.95 Å². The van der Waals surface area contributed by atoms with Crippen LogP contribution in [0.2, 0.25) is 0 Å². The van der Waals surface area contributed by atoms with Crippen molar-refractivity contribution in [2.24, 2.45) is 0 Å². The smallest absolute Gasteiger partial charge is 0.225 e. The summed E-state index contributed by atoms with van der Waals surface area (Å²) in [5.74, 6) is 0.809. The second-order valence-electron chi connectivity index (χ2n) is 5.12. The van der Waals surface area contributed by atoms with E-state index in [1.807, 2.05) is 24.3 Å². The molecule has 1 saturated heterocycles. The van der Waals surface area contributed by atoms with Gasteiger partial charge in [0.2, 0.25) is 5.95 Å². The largest absolute Gasteiger partial charge is 0.338 e. The van der Waals surface area contributed by atoms with Crippen molar-refractivity contribution in [2.75, 3.05) is 31.1 Å². The minimum absolute atomic E-state index is 0.726. The number of hydrogen-bond donors (Lipinski definition) is 0. The molecule has 5 heteroatoms. The summed E-state index contributed by atoms with van der Waals surface area (Å²) in [4.78, 5) is 13.2. The molecule has 5 nitrogen and oxygen atoms in total. The van der Waals surface area contributed by atoms with Gasteiger partial charge in [-0.25, -0.2) is 9.97 Å². The standard InChI is InChI=1S/C16H17N5/c17-12-14-3-1-4-15(11-14)13-20-7-9-21(10-8-20)16-18-5-2-6-19-16/h1-6,11H,7-10,13H2. The molecule has 1 fully saturated rings. The van der Waals surface area contributed by atoms with Gasteiger partial charge in [-0.05, 0) is 23.8 Å². The first-order valence-corrected chi connectivity index (χ1v) is 7.08. The summed E-state index contributed by atoms with van der Waals surface area (Å²) >= 11 is 0. The highest BCUT2D eigenvalue weighted by atomic mass is 15.3. The fourth-order valence-corrected chi connectivity index (χ4v) is 2.56. The maximum Gasteiger partial charge on any atom is 0.225 e. The predicted molar refractivity (Wildman–Crippen MR) is 80.7 cm³/mol. The second-order valence-corrected chi connectivity index (χ2v) is 5.12. The molecule has 1 aliphatic heterocycles. The van der Waals surface area contributed by atoms with Crippen molar-refractivity contribution in [2.45, 2.75) is 6.54 Å². The molecule has 2 heterocycles. The normalized spacial score (nSPS) is 15.7. The van der Waals surface area contributed by atoms with E-state index >= 15 is 0 Å². The molecular formula is C16H17N5. The monoisotopic (exact) mass is 279 g/mol. The van der Waals surface area contributed by atoms with Crippen LogP contribution in [0.5, 0.6) is 0 Å². The zero-order valence-electron chi connectivity index (χ0n) is 11.8. The lowest BCUT2D eigenvalue weighted by Gasteiger charge is -2.34. The Morgan fingerprint density at radius 1 is 1.05 bits per heavy atom. The highest BCUT2D eigenvalue weighted by molar-refractivity contribution is 5.33. The first kappa shape index (κ1) is 13.5. The number of nitriles is 1. The molecule has 0 unspecified atom stereocenters. The molecule has 1 aliphatic rings. The summed E-state index contributed by atoms with van der Waals surface area (Å²) in [5, 5.41) is 8.94. The van der Waals surface area contributed by atoms with Crippen LogP contribution in [-0.2, 0) is 6.54 Å². The zero-order chi connectivity index (χ0) is 14.5. The summed E-state index contributed by atoms with van der Waals surface area (Å²) in [6.07, 6.45) is 3.56. The Balaban J connectivity index is 1.57. The third-order valence-electron chi connectivity index (χ3n) is 3.67. The first-order valence-electron chi connectivity index (χ1n) is 7.08. The maximum absolute atomic E-state index is 8.94. The van der Waals surface area contributed by atoms with Gasteiger partial charge < -0.3 is 4.90 Å². The fraction of sp³-hybridized carbons (Fsp3) is 0.312. The van der Waals surface area contributed by atoms with E-state index in [1.54, 1.807) is 12.4 Å². The van der Waals surface area contributed by atoms with Gasteiger partial charge in [0.15, 0.2) is 0 Å². The molecule has 0 saturated carbocycles. The molecule has 21 heavy (non-hydrogen) atoms. The van der Waals surface area contributed by atoms with Crippen molar-refractivity contribution in [3.05, 3.63) is 53.9 Å². The Kier molecular flexibility index (Phi) is 4.08. The van der Waals surface area contributed by atoms with E-state index < -0.39 is 0 Å². The molecule has 0 aliphatic carbocycles. The Labute approximate surface area is 124 Å². The number of anilines is 1. The van der Waals surface area contributed by atoms with E-state index in [4.69, 9.17) is 5.26 Å². The molecule has 106 valence electrons. The quantitative estimate of drug-likeness (QED) is 0.855. The average molecular weight is 279 g/mol. The van der Waals surface area contributed by atoms with Gasteiger partial charge >= 0.3 is 0 Å². The van der Waals surface area contributed by atoms with Gasteiger partial charge in [0.05, 0.1) is 11.6 Å². The highest BCUT2D eigenvalue weighted by Crippen LogP contribution is 2.13. The van der Waals surface area contributed by atoms with Crippen molar-refractivity contribution < 1.29 is 0 Å². The van der Waals surface area contributed by atoms with E-state index in [0.29, 0.717) is 0 Å². The second kappa shape index (κ2) is 6.33. The van der Waals surface area contributed by atoms with Gasteiger partial charge in [-0.1, -0.05) is 12.1 Å². The van der Waals surface area contributed by atoms with E-state index in [0.717, 1.165) is 44.2 Å². The molecular weight excluding hydrogens is 262 g/mol. The van der Waals surface area contributed by atoms with Crippen LogP contribution in [0, 0.1) is 11.3 Å². The summed E-state index contributed by atoms with van der Waals surface area (Å²) in [6, 6.07) is 11.9. The van der Waals surface area contributed by atoms with Crippen LogP contribution in [0.25, 0.3) is 0 Å². The number of rotatable bonds is 3. The van der Waals surface area contributed by atoms with Crippen LogP contribution in [-0.4, -0.2) is 41.0 Å². The molecule has 0 amide bonds. The molecule has 0 spiro atoms. The minimum Gasteiger partial charge on any atom is -0.338 e. The van der Waals surface area contributed by atoms with Gasteiger partial charge in [0.1, 0.15) is 0 Å². The highest BCUT2D eigenvalue weighted by Gasteiger charge is 2.18. The average Bonchev–Trinajstić information content (AvgIpc) is 2.56.